The van der Waals surface area contributed by atoms with E-state index in [-0.39, 0.29) is 124 Å². The maximum absolute atomic E-state index is 16.3. The number of carbonyl (C=O) groups is 5. The van der Waals surface area contributed by atoms with E-state index in [2.05, 4.69) is 22.2 Å². The van der Waals surface area contributed by atoms with Gasteiger partial charge in [0, 0.05) is 65.1 Å². The van der Waals surface area contributed by atoms with Gasteiger partial charge in [-0.05, 0) is 152 Å². The molecule has 6 aliphatic carbocycles. The summed E-state index contributed by atoms with van der Waals surface area (Å²) in [7, 11) is 1.84. The second-order valence-electron chi connectivity index (χ2n) is 25.4. The predicted molar refractivity (Wildman–Crippen MR) is 326 cm³/mol. The molecule has 4 fully saturated rings. The number of aromatic hydroxyl groups is 1. The fourth-order valence-electron chi connectivity index (χ4n) is 16.0. The number of nitrogens with zero attached hydrogens (tertiary/aromatic N) is 1. The van der Waals surface area contributed by atoms with Crippen LogP contribution in [0.15, 0.2) is 47.5 Å². The van der Waals surface area contributed by atoms with Gasteiger partial charge < -0.3 is 82.0 Å². The third kappa shape index (κ3) is 12.0. The van der Waals surface area contributed by atoms with Crippen molar-refractivity contribution in [2.45, 2.75) is 157 Å². The highest BCUT2D eigenvalue weighted by Gasteiger charge is 2.60. The Morgan fingerprint density at radius 1 is 0.933 bits per heavy atom. The highest BCUT2D eigenvalue weighted by molar-refractivity contribution is 6.32. The third-order valence-corrected chi connectivity index (χ3v) is 19.8. The number of nitrogens with two attached hydrogens (primary N) is 3. The zero-order valence-electron chi connectivity index (χ0n) is 50.0. The van der Waals surface area contributed by atoms with E-state index in [1.165, 1.54) is 12.1 Å². The number of fused-ring (bicyclic) bond motifs is 6. The molecule has 0 radical (unpaired) electrons. The van der Waals surface area contributed by atoms with Gasteiger partial charge in [-0.2, -0.15) is 0 Å². The molecule has 4 aromatic rings. The van der Waals surface area contributed by atoms with Crippen molar-refractivity contribution in [3.05, 3.63) is 120 Å². The summed E-state index contributed by atoms with van der Waals surface area (Å²) in [6.07, 6.45) is 1.61. The molecule has 12 atom stereocenters. The van der Waals surface area contributed by atoms with Gasteiger partial charge in [-0.25, -0.2) is 0 Å². The molecule has 21 heteroatoms. The molecule has 7 aliphatic rings. The first-order chi connectivity index (χ1) is 42.7. The Balaban J connectivity index is 1.19. The number of ketones is 2. The molecule has 21 nitrogen and oxygen atoms in total. The molecule has 472 valence electrons. The van der Waals surface area contributed by atoms with E-state index in [9.17, 15) is 50.1 Å². The molecule has 11 rings (SSSR count). The molecule has 6 bridgehead atoms. The van der Waals surface area contributed by atoms with Gasteiger partial charge >= 0.3 is 5.97 Å². The highest BCUT2D eigenvalue weighted by Crippen LogP contribution is 2.63. The molecule has 12 unspecified atom stereocenters. The molecule has 0 aromatic heterocycles. The van der Waals surface area contributed by atoms with Gasteiger partial charge in [0.05, 0.1) is 49.2 Å². The molecule has 1 saturated heterocycles. The van der Waals surface area contributed by atoms with Crippen LogP contribution in [0.3, 0.4) is 0 Å². The number of esters is 1. The average molecular weight is 1220 g/mol. The van der Waals surface area contributed by atoms with Gasteiger partial charge in [0.2, 0.25) is 12.1 Å². The maximum Gasteiger partial charge on any atom is 0.308 e. The van der Waals surface area contributed by atoms with Crippen LogP contribution >= 0.6 is 0 Å². The van der Waals surface area contributed by atoms with Crippen molar-refractivity contribution in [1.82, 2.24) is 5.32 Å². The topological polar surface area (TPSA) is 366 Å². The van der Waals surface area contributed by atoms with E-state index in [1.807, 2.05) is 25.2 Å². The molecule has 14 N–H and O–H groups in total. The summed E-state index contributed by atoms with van der Waals surface area (Å²) in [5, 5.41) is 88.9. The summed E-state index contributed by atoms with van der Waals surface area (Å²) in [6.45, 7) is 0.280. The van der Waals surface area contributed by atoms with Gasteiger partial charge in [-0.3, -0.25) is 24.2 Å². The Hall–Kier alpha value is -7.20. The number of rotatable bonds is 16. The number of aliphatic hydroxyl groups is 6. The Kier molecular flexibility index (Phi) is 18.5. The minimum atomic E-state index is -3.13. The highest BCUT2D eigenvalue weighted by atomic mass is 16.7. The maximum atomic E-state index is 16.3. The zero-order chi connectivity index (χ0) is 63.2. The lowest BCUT2D eigenvalue weighted by molar-refractivity contribution is -0.386. The normalized spacial score (nSPS) is 28.5. The van der Waals surface area contributed by atoms with Gasteiger partial charge in [0.25, 0.3) is 0 Å². The smallest absolute Gasteiger partial charge is 0.308 e. The minimum absolute atomic E-state index is 0.0125. The van der Waals surface area contributed by atoms with Crippen LogP contribution < -0.4 is 32.0 Å². The second-order valence-corrected chi connectivity index (χ2v) is 25.4. The number of aliphatic imine (C=N–C) groups is 1. The number of phenols is 1. The van der Waals surface area contributed by atoms with Crippen molar-refractivity contribution in [2.75, 3.05) is 26.7 Å². The number of nitrogens with one attached hydrogen (secondary N) is 1. The summed E-state index contributed by atoms with van der Waals surface area (Å²) in [6, 6.07) is 11.2. The van der Waals surface area contributed by atoms with Crippen LogP contribution in [0, 0.1) is 41.4 Å². The Bertz CT molecular complexity index is 3580. The molecule has 89 heavy (non-hydrogen) atoms. The zero-order valence-corrected chi connectivity index (χ0v) is 50.0. The van der Waals surface area contributed by atoms with Gasteiger partial charge in [-0.1, -0.05) is 67.2 Å². The molecule has 0 amide bonds. The number of phenolic OH excluding ortho intramolecular Hbond substituents is 1. The first kappa shape index (κ1) is 63.4. The summed E-state index contributed by atoms with van der Waals surface area (Å²) >= 11 is 0. The van der Waals surface area contributed by atoms with Crippen LogP contribution in [0.4, 0.5) is 0 Å². The molecule has 4 aromatic carbocycles. The number of carbonyl (C=O) groups excluding carboxylic acids is 5. The number of aldehydes is 2. The Morgan fingerprint density at radius 2 is 1.71 bits per heavy atom. The summed E-state index contributed by atoms with van der Waals surface area (Å²) < 4.78 is 25.7. The van der Waals surface area contributed by atoms with Crippen molar-refractivity contribution in [3.8, 4) is 29.1 Å². The van der Waals surface area contributed by atoms with E-state index in [0.717, 1.165) is 43.6 Å². The van der Waals surface area contributed by atoms with Crippen LogP contribution in [-0.4, -0.2) is 141 Å². The standard InChI is InChI=1S/C68H79N5O16/c1-34(77)87-52-28-42(32-75)53-54-46(52)17-13-35-7-5-8-36(23-35)25-44(78)16-15-43(69)11-6-12-47-55(60(54)81)56(59(53)80)58(79)49(62(47)89-65-64(86-22-20-73-66(70)71)68(84,85)63(82)61(88-65)38-9-3-4-10-38)27-39-14-18-45-48-29-51-41(26-40(48)19-21-74)24-37(31-72-2)30-67(51,83)57(45)50(39)33-76/h5,7-8,13-14,17-18,21,23,28,33,37-38,40-41,43-44,48,51,61,63-65,72,75,78-79,82-85H,3-4,9-10,12,15-16,19-20,22,24-27,29-32,69H2,1-2H3,(H4,70,71,73). The lowest BCUT2D eigenvalue weighted by atomic mass is 9.48. The fourth-order valence-corrected chi connectivity index (χ4v) is 16.0. The van der Waals surface area contributed by atoms with Crippen molar-refractivity contribution >= 4 is 48.2 Å². The fraction of sp³-hybridized carbons (Fsp3) is 0.500. The van der Waals surface area contributed by atoms with Gasteiger partial charge in [0.15, 0.2) is 29.9 Å². The van der Waals surface area contributed by atoms with Crippen LogP contribution in [0.5, 0.6) is 17.2 Å². The van der Waals surface area contributed by atoms with Crippen LogP contribution in [0.1, 0.15) is 176 Å². The van der Waals surface area contributed by atoms with Crippen molar-refractivity contribution < 1.29 is 78.7 Å². The number of benzene rings is 4. The predicted octanol–water partition coefficient (Wildman–Crippen LogP) is 3.87. The van der Waals surface area contributed by atoms with Crippen molar-refractivity contribution in [1.29, 1.82) is 0 Å². The largest absolute Gasteiger partial charge is 0.507 e. The average Bonchev–Trinajstić information content (AvgIpc) is 1.31. The lowest BCUT2D eigenvalue weighted by Gasteiger charge is -2.58. The van der Waals surface area contributed by atoms with E-state index in [4.69, 9.17) is 36.1 Å². The number of aliphatic hydroxyl groups excluding tert-OH is 3. The molecule has 0 spiro atoms. The molecular formula is C68H79N5O16. The van der Waals surface area contributed by atoms with Crippen LogP contribution in [0.25, 0.3) is 12.2 Å². The van der Waals surface area contributed by atoms with E-state index in [1.54, 1.807) is 24.3 Å². The number of guanidine groups is 1. The van der Waals surface area contributed by atoms with Gasteiger partial charge in [-0.15, -0.1) is 0 Å². The van der Waals surface area contributed by atoms with E-state index >= 15 is 9.59 Å². The van der Waals surface area contributed by atoms with Crippen LogP contribution in [0.2, 0.25) is 0 Å². The third-order valence-electron chi connectivity index (χ3n) is 19.8. The minimum Gasteiger partial charge on any atom is -0.507 e. The monoisotopic (exact) mass is 1220 g/mol. The Morgan fingerprint density at radius 3 is 2.43 bits per heavy atom. The number of ether oxygens (including phenoxy) is 4. The summed E-state index contributed by atoms with van der Waals surface area (Å²) in [4.78, 5) is 75.8. The van der Waals surface area contributed by atoms with Gasteiger partial charge in [0.1, 0.15) is 29.6 Å². The summed E-state index contributed by atoms with van der Waals surface area (Å²) in [5.41, 5.74) is 17.1. The molecular weight excluding hydrogens is 1140 g/mol. The SMILES string of the molecule is CNCC1CC2CC(CC=O)C3CC2C(O)(C1)c1c3ccc(Cc2c(O)c3c4c(c2OC2OC(C5CCCC5)C(O)C(O)(O)C2OCCN=C(N)N)CC#CC(N)CCC(O)Cc2cccc(c2)C=Cc2c(OC(C)=O)cc(CO)c(c2C4=O)C3=O)c1C=O. The second kappa shape index (κ2) is 26.0. The Labute approximate surface area is 515 Å². The quantitative estimate of drug-likeness (QED) is 0.00976. The molecule has 3 saturated carbocycles. The summed E-state index contributed by atoms with van der Waals surface area (Å²) in [5.74, 6) is -2.32. The lowest BCUT2D eigenvalue weighted by Crippen LogP contribution is -2.69. The van der Waals surface area contributed by atoms with Crippen molar-refractivity contribution in [3.63, 3.8) is 0 Å². The number of hydrogen-bond donors (Lipinski definition) is 11. The van der Waals surface area contributed by atoms with Crippen LogP contribution in [-0.2, 0) is 50.5 Å². The van der Waals surface area contributed by atoms with E-state index in [0.29, 0.717) is 56.1 Å². The molecule has 1 heterocycles. The van der Waals surface area contributed by atoms with Crippen molar-refractivity contribution in [2.24, 2.45) is 51.8 Å². The van der Waals surface area contributed by atoms with E-state index < -0.39 is 115 Å². The first-order valence-electron chi connectivity index (χ1n) is 30.9. The molecule has 1 aliphatic heterocycles. The first-order valence-corrected chi connectivity index (χ1v) is 30.9. The number of hydrogen-bond acceptors (Lipinski definition) is 19.